The maximum Gasteiger partial charge on any atom is 0.235 e. The largest absolute Gasteiger partial charge is 0.455 e. The first-order valence-electron chi connectivity index (χ1n) is 17.8. The molecular weight excluding hydrogens is 667 g/mol. The highest BCUT2D eigenvalue weighted by atomic mass is 32.1. The van der Waals surface area contributed by atoms with E-state index in [1.807, 2.05) is 29.5 Å². The highest BCUT2D eigenvalue weighted by Crippen LogP contribution is 2.45. The van der Waals surface area contributed by atoms with Gasteiger partial charge in [-0.25, -0.2) is 9.97 Å². The molecule has 12 rings (SSSR count). The maximum atomic E-state index is 7.05. The molecule has 12 aromatic rings. The Kier molecular flexibility index (Phi) is 5.90. The Morgan fingerprint density at radius 3 is 2.06 bits per heavy atom. The number of aromatic nitrogens is 3. The number of thiophene rings is 1. The van der Waals surface area contributed by atoms with Crippen molar-refractivity contribution >= 4 is 96.9 Å². The summed E-state index contributed by atoms with van der Waals surface area (Å²) in [6.07, 6.45) is 0. The standard InChI is InChI=1S/C48H27N3OS/c1-2-12-28(13-3-1)46-33-17-6-9-19-38(33)49-48(50-46)51-39-20-10-7-18-34(39)45-40(51)24-23-35-44-32-16-5-4-14-30(32)36(27-41(44)52-47(35)45)29-22-25-43-37(26-29)31-15-8-11-21-42(31)53-43/h1-27H. The monoisotopic (exact) mass is 693 g/mol. The lowest BCUT2D eigenvalue weighted by molar-refractivity contribution is 0.673. The fourth-order valence-electron chi connectivity index (χ4n) is 8.48. The molecule has 0 saturated carbocycles. The third-order valence-corrected chi connectivity index (χ3v) is 12.0. The molecule has 0 atom stereocenters. The van der Waals surface area contributed by atoms with Crippen molar-refractivity contribution in [3.63, 3.8) is 0 Å². The van der Waals surface area contributed by atoms with Crippen LogP contribution in [0.4, 0.5) is 0 Å². The van der Waals surface area contributed by atoms with Gasteiger partial charge in [-0.15, -0.1) is 11.3 Å². The summed E-state index contributed by atoms with van der Waals surface area (Å²) in [4.78, 5) is 10.5. The van der Waals surface area contributed by atoms with Crippen molar-refractivity contribution in [3.8, 4) is 28.3 Å². The minimum atomic E-state index is 0.633. The molecule has 53 heavy (non-hydrogen) atoms. The van der Waals surface area contributed by atoms with Gasteiger partial charge in [0.2, 0.25) is 5.95 Å². The SMILES string of the molecule is c1ccc(-c2nc(-n3c4ccccc4c4c5oc6cc(-c7ccc8sc9ccccc9c8c7)c7ccccc7c6c5ccc43)nc3ccccc23)cc1. The van der Waals surface area contributed by atoms with Crippen LogP contribution in [0.2, 0.25) is 0 Å². The van der Waals surface area contributed by atoms with Crippen LogP contribution in [-0.4, -0.2) is 14.5 Å². The Hall–Kier alpha value is -6.82. The summed E-state index contributed by atoms with van der Waals surface area (Å²) in [7, 11) is 0. The molecule has 0 N–H and O–H groups in total. The van der Waals surface area contributed by atoms with Gasteiger partial charge < -0.3 is 4.42 Å². The van der Waals surface area contributed by atoms with Crippen molar-refractivity contribution in [1.29, 1.82) is 0 Å². The first kappa shape index (κ1) is 28.8. The van der Waals surface area contributed by atoms with E-state index >= 15 is 0 Å². The fourth-order valence-corrected chi connectivity index (χ4v) is 9.56. The number of rotatable bonds is 3. The summed E-state index contributed by atoms with van der Waals surface area (Å²) in [6, 6.07) is 58.1. The average molecular weight is 694 g/mol. The van der Waals surface area contributed by atoms with Crippen LogP contribution in [0.3, 0.4) is 0 Å². The van der Waals surface area contributed by atoms with Crippen molar-refractivity contribution in [2.75, 3.05) is 0 Å². The summed E-state index contributed by atoms with van der Waals surface area (Å²) >= 11 is 1.85. The number of hydrogen-bond donors (Lipinski definition) is 0. The molecule has 0 fully saturated rings. The van der Waals surface area contributed by atoms with E-state index in [-0.39, 0.29) is 0 Å². The highest BCUT2D eigenvalue weighted by molar-refractivity contribution is 7.25. The van der Waals surface area contributed by atoms with Crippen LogP contribution < -0.4 is 0 Å². The molecule has 0 amide bonds. The zero-order valence-electron chi connectivity index (χ0n) is 28.2. The van der Waals surface area contributed by atoms with Gasteiger partial charge in [0.25, 0.3) is 0 Å². The van der Waals surface area contributed by atoms with Gasteiger partial charge in [-0.1, -0.05) is 115 Å². The maximum absolute atomic E-state index is 7.05. The number of para-hydroxylation sites is 2. The molecule has 0 aliphatic heterocycles. The molecule has 8 aromatic carbocycles. The number of furan rings is 1. The minimum Gasteiger partial charge on any atom is -0.455 e. The summed E-state index contributed by atoms with van der Waals surface area (Å²) in [5.41, 5.74) is 9.01. The molecule has 0 aliphatic carbocycles. The van der Waals surface area contributed by atoms with E-state index in [1.165, 1.54) is 42.1 Å². The lowest BCUT2D eigenvalue weighted by Crippen LogP contribution is -2.03. The zero-order chi connectivity index (χ0) is 34.6. The molecular formula is C48H27N3OS. The van der Waals surface area contributed by atoms with Crippen LogP contribution in [0.5, 0.6) is 0 Å². The van der Waals surface area contributed by atoms with Crippen molar-refractivity contribution < 1.29 is 4.42 Å². The van der Waals surface area contributed by atoms with E-state index < -0.39 is 0 Å². The van der Waals surface area contributed by atoms with Gasteiger partial charge in [0.05, 0.1) is 27.6 Å². The molecule has 4 heterocycles. The van der Waals surface area contributed by atoms with Crippen LogP contribution in [0.25, 0.3) is 114 Å². The molecule has 4 aromatic heterocycles. The Bertz CT molecular complexity index is 3460. The van der Waals surface area contributed by atoms with Crippen molar-refractivity contribution in [2.24, 2.45) is 0 Å². The Morgan fingerprint density at radius 2 is 1.17 bits per heavy atom. The quantitative estimate of drug-likeness (QED) is 0.185. The summed E-state index contributed by atoms with van der Waals surface area (Å²) in [5, 5.41) is 10.4. The second-order valence-electron chi connectivity index (χ2n) is 13.7. The number of hydrogen-bond acceptors (Lipinski definition) is 4. The normalized spacial score (nSPS) is 12.2. The second-order valence-corrected chi connectivity index (χ2v) is 14.8. The van der Waals surface area contributed by atoms with E-state index in [0.29, 0.717) is 5.95 Å². The Morgan fingerprint density at radius 1 is 0.453 bits per heavy atom. The van der Waals surface area contributed by atoms with Gasteiger partial charge in [0.15, 0.2) is 0 Å². The fraction of sp³-hybridized carbons (Fsp3) is 0. The number of fused-ring (bicyclic) bond motifs is 13. The molecule has 0 spiro atoms. The third-order valence-electron chi connectivity index (χ3n) is 10.8. The summed E-state index contributed by atoms with van der Waals surface area (Å²) in [6.45, 7) is 0. The predicted molar refractivity (Wildman–Crippen MR) is 222 cm³/mol. The first-order chi connectivity index (χ1) is 26.3. The third kappa shape index (κ3) is 4.11. The summed E-state index contributed by atoms with van der Waals surface area (Å²) < 4.78 is 11.9. The number of nitrogens with zero attached hydrogens (tertiary/aromatic N) is 3. The average Bonchev–Trinajstić information content (AvgIpc) is 3.89. The molecule has 0 aliphatic rings. The van der Waals surface area contributed by atoms with Crippen LogP contribution >= 0.6 is 11.3 Å². The second kappa shape index (κ2) is 10.8. The van der Waals surface area contributed by atoms with Crippen LogP contribution in [0.15, 0.2) is 168 Å². The minimum absolute atomic E-state index is 0.633. The van der Waals surface area contributed by atoms with Gasteiger partial charge in [0.1, 0.15) is 11.2 Å². The smallest absolute Gasteiger partial charge is 0.235 e. The van der Waals surface area contributed by atoms with Crippen molar-refractivity contribution in [2.45, 2.75) is 0 Å². The topological polar surface area (TPSA) is 43.9 Å². The molecule has 5 heteroatoms. The summed E-state index contributed by atoms with van der Waals surface area (Å²) in [5.74, 6) is 0.633. The lowest BCUT2D eigenvalue weighted by Gasteiger charge is -2.11. The molecule has 0 bridgehead atoms. The lowest BCUT2D eigenvalue weighted by atomic mass is 9.94. The predicted octanol–water partition coefficient (Wildman–Crippen LogP) is 13.5. The molecule has 0 saturated heterocycles. The van der Waals surface area contributed by atoms with Gasteiger partial charge in [-0.3, -0.25) is 4.57 Å². The van der Waals surface area contributed by atoms with Gasteiger partial charge in [0, 0.05) is 47.3 Å². The highest BCUT2D eigenvalue weighted by Gasteiger charge is 2.23. The Labute approximate surface area is 306 Å². The molecule has 246 valence electrons. The number of benzene rings is 8. The van der Waals surface area contributed by atoms with Crippen LogP contribution in [0, 0.1) is 0 Å². The van der Waals surface area contributed by atoms with E-state index in [2.05, 4.69) is 150 Å². The van der Waals surface area contributed by atoms with Gasteiger partial charge in [-0.05, 0) is 70.4 Å². The van der Waals surface area contributed by atoms with Gasteiger partial charge in [-0.2, -0.15) is 0 Å². The van der Waals surface area contributed by atoms with Gasteiger partial charge >= 0.3 is 0 Å². The van der Waals surface area contributed by atoms with Crippen LogP contribution in [-0.2, 0) is 0 Å². The zero-order valence-corrected chi connectivity index (χ0v) is 29.1. The van der Waals surface area contributed by atoms with E-state index in [4.69, 9.17) is 14.4 Å². The van der Waals surface area contributed by atoms with Crippen molar-refractivity contribution in [3.05, 3.63) is 164 Å². The van der Waals surface area contributed by atoms with E-state index in [1.54, 1.807) is 0 Å². The molecule has 0 unspecified atom stereocenters. The molecule has 0 radical (unpaired) electrons. The van der Waals surface area contributed by atoms with E-state index in [0.717, 1.165) is 65.9 Å². The van der Waals surface area contributed by atoms with Crippen molar-refractivity contribution in [1.82, 2.24) is 14.5 Å². The van der Waals surface area contributed by atoms with Crippen LogP contribution in [0.1, 0.15) is 0 Å². The first-order valence-corrected chi connectivity index (χ1v) is 18.6. The molecule has 4 nitrogen and oxygen atoms in total. The van der Waals surface area contributed by atoms with E-state index in [9.17, 15) is 0 Å². The Balaban J connectivity index is 1.15.